The Hall–Kier alpha value is -3.37. The standard InChI is InChI=1S/C26H38N6O5/c1-16(2)36-25(33)17-8-7-11-19(12-17)37-24-23(27)30-21(14-28-24)20-13-29-32(4)22(20)15-35-26(34)31(3)18-9-5-6-10-18/h13-14,16-19H,5-12,15H2,1-4H3,(H2,27,30)/t17-,19-/m0/s1. The molecule has 2 aliphatic carbocycles. The Morgan fingerprint density at radius 2 is 1.92 bits per heavy atom. The molecule has 0 unspecified atom stereocenters. The predicted molar refractivity (Wildman–Crippen MR) is 136 cm³/mol. The number of esters is 1. The average Bonchev–Trinajstić information content (AvgIpc) is 3.53. The number of ether oxygens (including phenoxy) is 3. The summed E-state index contributed by atoms with van der Waals surface area (Å²) >= 11 is 0. The summed E-state index contributed by atoms with van der Waals surface area (Å²) in [6.07, 6.45) is 9.86. The number of rotatable bonds is 8. The molecule has 11 heteroatoms. The van der Waals surface area contributed by atoms with E-state index in [2.05, 4.69) is 15.1 Å². The van der Waals surface area contributed by atoms with E-state index in [1.165, 1.54) is 0 Å². The topological polar surface area (TPSA) is 135 Å². The molecule has 202 valence electrons. The lowest BCUT2D eigenvalue weighted by Crippen LogP contribution is -2.35. The van der Waals surface area contributed by atoms with Gasteiger partial charge in [-0.05, 0) is 52.4 Å². The number of nitrogens with zero attached hydrogens (tertiary/aromatic N) is 5. The Morgan fingerprint density at radius 1 is 1.16 bits per heavy atom. The molecule has 0 bridgehead atoms. The molecule has 2 aromatic rings. The number of hydrogen-bond donors (Lipinski definition) is 1. The van der Waals surface area contributed by atoms with Crippen molar-refractivity contribution in [2.45, 2.75) is 90.1 Å². The zero-order chi connectivity index (χ0) is 26.5. The summed E-state index contributed by atoms with van der Waals surface area (Å²) in [5.41, 5.74) is 8.09. The van der Waals surface area contributed by atoms with E-state index in [9.17, 15) is 9.59 Å². The molecule has 0 aromatic carbocycles. The summed E-state index contributed by atoms with van der Waals surface area (Å²) in [6, 6.07) is 0.233. The summed E-state index contributed by atoms with van der Waals surface area (Å²) < 4.78 is 18.7. The molecule has 2 aromatic heterocycles. The summed E-state index contributed by atoms with van der Waals surface area (Å²) in [5, 5.41) is 4.31. The van der Waals surface area contributed by atoms with Crippen molar-refractivity contribution in [2.24, 2.45) is 13.0 Å². The van der Waals surface area contributed by atoms with E-state index in [1.807, 2.05) is 13.8 Å². The molecule has 0 saturated heterocycles. The largest absolute Gasteiger partial charge is 0.472 e. The molecule has 0 spiro atoms. The van der Waals surface area contributed by atoms with Crippen LogP contribution in [0, 0.1) is 5.92 Å². The lowest BCUT2D eigenvalue weighted by Gasteiger charge is -2.28. The number of carbonyl (C=O) groups excluding carboxylic acids is 2. The van der Waals surface area contributed by atoms with Crippen molar-refractivity contribution in [1.82, 2.24) is 24.6 Å². The fraction of sp³-hybridized carbons (Fsp3) is 0.654. The van der Waals surface area contributed by atoms with Gasteiger partial charge in [-0.2, -0.15) is 5.10 Å². The van der Waals surface area contributed by atoms with E-state index in [4.69, 9.17) is 19.9 Å². The van der Waals surface area contributed by atoms with Crippen LogP contribution in [0.1, 0.15) is 70.9 Å². The number of anilines is 1. The van der Waals surface area contributed by atoms with Gasteiger partial charge >= 0.3 is 12.1 Å². The highest BCUT2D eigenvalue weighted by Gasteiger charge is 2.31. The average molecular weight is 515 g/mol. The highest BCUT2D eigenvalue weighted by Crippen LogP contribution is 2.31. The second-order valence-electron chi connectivity index (χ2n) is 10.3. The van der Waals surface area contributed by atoms with Crippen LogP contribution in [0.25, 0.3) is 11.3 Å². The van der Waals surface area contributed by atoms with Crippen LogP contribution in [0.15, 0.2) is 12.4 Å². The molecule has 11 nitrogen and oxygen atoms in total. The number of nitrogen functional groups attached to an aromatic ring is 1. The molecule has 4 rings (SSSR count). The van der Waals surface area contributed by atoms with Crippen LogP contribution in [0.2, 0.25) is 0 Å². The third-order valence-electron chi connectivity index (χ3n) is 7.18. The second-order valence-corrected chi connectivity index (χ2v) is 10.3. The molecule has 2 saturated carbocycles. The minimum absolute atomic E-state index is 0.0531. The minimum atomic E-state index is -0.351. The number of amides is 1. The van der Waals surface area contributed by atoms with Crippen molar-refractivity contribution in [3.8, 4) is 17.1 Å². The molecule has 2 aliphatic rings. The lowest BCUT2D eigenvalue weighted by molar-refractivity contribution is -0.154. The Kier molecular flexibility index (Phi) is 8.50. The van der Waals surface area contributed by atoms with E-state index in [-0.39, 0.29) is 54.5 Å². The molecule has 2 atom stereocenters. The van der Waals surface area contributed by atoms with Crippen LogP contribution in [0.3, 0.4) is 0 Å². The number of carbonyl (C=O) groups is 2. The zero-order valence-corrected chi connectivity index (χ0v) is 22.2. The van der Waals surface area contributed by atoms with Crippen molar-refractivity contribution >= 4 is 17.9 Å². The quantitative estimate of drug-likeness (QED) is 0.521. The first-order valence-electron chi connectivity index (χ1n) is 13.1. The van der Waals surface area contributed by atoms with Gasteiger partial charge in [-0.15, -0.1) is 0 Å². The summed E-state index contributed by atoms with van der Waals surface area (Å²) in [7, 11) is 3.57. The Bertz CT molecular complexity index is 1100. The highest BCUT2D eigenvalue weighted by atomic mass is 16.6. The van der Waals surface area contributed by atoms with Gasteiger partial charge in [0.1, 0.15) is 12.7 Å². The third kappa shape index (κ3) is 6.50. The van der Waals surface area contributed by atoms with Gasteiger partial charge in [0.2, 0.25) is 0 Å². The zero-order valence-electron chi connectivity index (χ0n) is 22.2. The van der Waals surface area contributed by atoms with Crippen LogP contribution < -0.4 is 10.5 Å². The van der Waals surface area contributed by atoms with E-state index in [0.29, 0.717) is 23.4 Å². The van der Waals surface area contributed by atoms with Gasteiger partial charge in [0.05, 0.1) is 35.8 Å². The molecular weight excluding hydrogens is 476 g/mol. The van der Waals surface area contributed by atoms with Gasteiger partial charge in [-0.3, -0.25) is 9.48 Å². The number of aryl methyl sites for hydroxylation is 1. The van der Waals surface area contributed by atoms with Gasteiger partial charge in [0.15, 0.2) is 5.82 Å². The van der Waals surface area contributed by atoms with Crippen LogP contribution in [-0.4, -0.2) is 62.0 Å². The van der Waals surface area contributed by atoms with Crippen LogP contribution in [0.4, 0.5) is 10.6 Å². The van der Waals surface area contributed by atoms with Crippen molar-refractivity contribution in [2.75, 3.05) is 12.8 Å². The van der Waals surface area contributed by atoms with E-state index < -0.39 is 0 Å². The maximum atomic E-state index is 12.6. The van der Waals surface area contributed by atoms with Crippen LogP contribution >= 0.6 is 0 Å². The van der Waals surface area contributed by atoms with Gasteiger partial charge in [-0.25, -0.2) is 14.8 Å². The van der Waals surface area contributed by atoms with E-state index in [0.717, 1.165) is 44.9 Å². The first-order valence-corrected chi connectivity index (χ1v) is 13.1. The normalized spacial score (nSPS) is 20.1. The number of aromatic nitrogens is 4. The smallest absolute Gasteiger partial charge is 0.410 e. The SMILES string of the molecule is CC(C)OC(=O)[C@H]1CCC[C@H](Oc2ncc(-c3cnn(C)c3COC(=O)N(C)C3CCCC3)nc2N)C1. The Balaban J connectivity index is 1.40. The Labute approximate surface area is 217 Å². The van der Waals surface area contributed by atoms with Gasteiger partial charge < -0.3 is 24.8 Å². The monoisotopic (exact) mass is 514 g/mol. The summed E-state index contributed by atoms with van der Waals surface area (Å²) in [6.45, 7) is 3.75. The fourth-order valence-corrected chi connectivity index (χ4v) is 5.09. The molecular formula is C26H38N6O5. The molecule has 0 radical (unpaired) electrons. The van der Waals surface area contributed by atoms with Gasteiger partial charge in [0.25, 0.3) is 5.88 Å². The highest BCUT2D eigenvalue weighted by molar-refractivity contribution is 5.72. The van der Waals surface area contributed by atoms with Crippen molar-refractivity contribution in [3.05, 3.63) is 18.1 Å². The van der Waals surface area contributed by atoms with Crippen molar-refractivity contribution < 1.29 is 23.8 Å². The van der Waals surface area contributed by atoms with Crippen molar-refractivity contribution in [1.29, 1.82) is 0 Å². The summed E-state index contributed by atoms with van der Waals surface area (Å²) in [4.78, 5) is 35.5. The summed E-state index contributed by atoms with van der Waals surface area (Å²) in [5.74, 6) is 0.0127. The van der Waals surface area contributed by atoms with Gasteiger partial charge in [-0.1, -0.05) is 12.8 Å². The second kappa shape index (κ2) is 11.8. The molecule has 0 aliphatic heterocycles. The molecule has 37 heavy (non-hydrogen) atoms. The minimum Gasteiger partial charge on any atom is -0.472 e. The molecule has 2 fully saturated rings. The predicted octanol–water partition coefficient (Wildman–Crippen LogP) is 3.86. The first-order chi connectivity index (χ1) is 17.7. The molecule has 2 heterocycles. The van der Waals surface area contributed by atoms with E-state index >= 15 is 0 Å². The molecule has 1 amide bonds. The number of hydrogen-bond acceptors (Lipinski definition) is 9. The molecule has 2 N–H and O–H groups in total. The maximum absolute atomic E-state index is 12.6. The van der Waals surface area contributed by atoms with Crippen LogP contribution in [-0.2, 0) is 27.9 Å². The lowest BCUT2D eigenvalue weighted by atomic mass is 9.87. The fourth-order valence-electron chi connectivity index (χ4n) is 5.09. The Morgan fingerprint density at radius 3 is 2.62 bits per heavy atom. The first kappa shape index (κ1) is 26.7. The maximum Gasteiger partial charge on any atom is 0.410 e. The number of nitrogens with two attached hydrogens (primary N) is 1. The third-order valence-corrected chi connectivity index (χ3v) is 7.18. The van der Waals surface area contributed by atoms with Crippen LogP contribution in [0.5, 0.6) is 5.88 Å². The van der Waals surface area contributed by atoms with Crippen molar-refractivity contribution in [3.63, 3.8) is 0 Å². The van der Waals surface area contributed by atoms with Gasteiger partial charge in [0, 0.05) is 25.7 Å². The van der Waals surface area contributed by atoms with E-state index in [1.54, 1.807) is 36.1 Å².